The largest absolute Gasteiger partial charge is 0.310 e. The lowest BCUT2D eigenvalue weighted by Crippen LogP contribution is -2.16. The Morgan fingerprint density at radius 1 is 1.32 bits per heavy atom. The van der Waals surface area contributed by atoms with Gasteiger partial charge in [0.1, 0.15) is 0 Å². The predicted octanol–water partition coefficient (Wildman–Crippen LogP) is 3.45. The molecule has 1 fully saturated rings. The molecule has 1 aliphatic carbocycles. The van der Waals surface area contributed by atoms with E-state index >= 15 is 0 Å². The van der Waals surface area contributed by atoms with Crippen LogP contribution in [-0.4, -0.2) is 15.8 Å². The minimum atomic E-state index is 0.737. The monoisotopic (exact) mass is 319 g/mol. The van der Waals surface area contributed by atoms with Gasteiger partial charge in [-0.3, -0.25) is 0 Å². The average molecular weight is 320 g/mol. The summed E-state index contributed by atoms with van der Waals surface area (Å²) in [6.07, 6.45) is 5.64. The van der Waals surface area contributed by atoms with Crippen molar-refractivity contribution in [3.63, 3.8) is 0 Å². The Bertz CT molecular complexity index is 555. The summed E-state index contributed by atoms with van der Waals surface area (Å²) in [5.41, 5.74) is 3.74. The standard InChI is InChI=1S/C15H18BrN3/c1-2-15-11(9-17-13-5-6-13)10-18-19(15)14-7-3-12(16)4-8-14/h3-4,7-8,10,13,17H,2,5-6,9H2,1H3. The number of rotatable bonds is 5. The molecule has 0 aliphatic heterocycles. The molecule has 0 unspecified atom stereocenters. The molecule has 3 rings (SSSR count). The van der Waals surface area contributed by atoms with Gasteiger partial charge in [0, 0.05) is 28.3 Å². The summed E-state index contributed by atoms with van der Waals surface area (Å²) in [7, 11) is 0. The first-order valence-electron chi connectivity index (χ1n) is 6.83. The van der Waals surface area contributed by atoms with Crippen LogP contribution in [0.25, 0.3) is 5.69 Å². The van der Waals surface area contributed by atoms with Gasteiger partial charge in [0.05, 0.1) is 11.9 Å². The van der Waals surface area contributed by atoms with E-state index in [1.165, 1.54) is 24.1 Å². The fraction of sp³-hybridized carbons (Fsp3) is 0.400. The molecule has 0 saturated heterocycles. The molecule has 0 atom stereocenters. The van der Waals surface area contributed by atoms with Crippen LogP contribution < -0.4 is 5.32 Å². The Labute approximate surface area is 122 Å². The predicted molar refractivity (Wildman–Crippen MR) is 80.5 cm³/mol. The molecule has 0 spiro atoms. The fourth-order valence-electron chi connectivity index (χ4n) is 2.28. The van der Waals surface area contributed by atoms with Gasteiger partial charge in [0.2, 0.25) is 0 Å². The molecule has 3 nitrogen and oxygen atoms in total. The molecule has 4 heteroatoms. The lowest BCUT2D eigenvalue weighted by atomic mass is 10.2. The smallest absolute Gasteiger partial charge is 0.0649 e. The molecule has 1 heterocycles. The van der Waals surface area contributed by atoms with Crippen molar-refractivity contribution in [1.29, 1.82) is 0 Å². The highest BCUT2D eigenvalue weighted by Crippen LogP contribution is 2.21. The molecule has 1 aromatic heterocycles. The Morgan fingerprint density at radius 3 is 2.68 bits per heavy atom. The highest BCUT2D eigenvalue weighted by atomic mass is 79.9. The summed E-state index contributed by atoms with van der Waals surface area (Å²) in [4.78, 5) is 0. The van der Waals surface area contributed by atoms with Crippen molar-refractivity contribution in [1.82, 2.24) is 15.1 Å². The van der Waals surface area contributed by atoms with Crippen LogP contribution in [0.4, 0.5) is 0 Å². The Morgan fingerprint density at radius 2 is 2.05 bits per heavy atom. The summed E-state index contributed by atoms with van der Waals surface area (Å²) < 4.78 is 3.15. The summed E-state index contributed by atoms with van der Waals surface area (Å²) in [6.45, 7) is 3.12. The molecule has 2 aromatic rings. The maximum atomic E-state index is 4.55. The molecule has 1 saturated carbocycles. The molecule has 1 aliphatic rings. The van der Waals surface area contributed by atoms with Crippen molar-refractivity contribution in [2.45, 2.75) is 38.8 Å². The molecular formula is C15H18BrN3. The molecule has 0 bridgehead atoms. The van der Waals surface area contributed by atoms with E-state index < -0.39 is 0 Å². The van der Waals surface area contributed by atoms with Gasteiger partial charge in [0.25, 0.3) is 0 Å². The Balaban J connectivity index is 1.85. The molecule has 0 amide bonds. The zero-order valence-corrected chi connectivity index (χ0v) is 12.7. The van der Waals surface area contributed by atoms with Crippen LogP contribution in [0.5, 0.6) is 0 Å². The van der Waals surface area contributed by atoms with Gasteiger partial charge < -0.3 is 5.32 Å². The van der Waals surface area contributed by atoms with Gasteiger partial charge in [-0.25, -0.2) is 4.68 Å². The minimum absolute atomic E-state index is 0.737. The molecular weight excluding hydrogens is 302 g/mol. The zero-order valence-electron chi connectivity index (χ0n) is 11.1. The first kappa shape index (κ1) is 12.9. The number of nitrogens with one attached hydrogen (secondary N) is 1. The highest BCUT2D eigenvalue weighted by Gasteiger charge is 2.21. The van der Waals surface area contributed by atoms with Crippen LogP contribution in [0, 0.1) is 0 Å². The van der Waals surface area contributed by atoms with E-state index in [1.54, 1.807) is 0 Å². The molecule has 1 N–H and O–H groups in total. The second kappa shape index (κ2) is 5.47. The number of hydrogen-bond acceptors (Lipinski definition) is 2. The second-order valence-electron chi connectivity index (χ2n) is 5.01. The third kappa shape index (κ3) is 2.90. The first-order valence-corrected chi connectivity index (χ1v) is 7.62. The summed E-state index contributed by atoms with van der Waals surface area (Å²) in [5, 5.41) is 8.11. The summed E-state index contributed by atoms with van der Waals surface area (Å²) in [5.74, 6) is 0. The van der Waals surface area contributed by atoms with E-state index in [-0.39, 0.29) is 0 Å². The third-order valence-electron chi connectivity index (χ3n) is 3.52. The van der Waals surface area contributed by atoms with Crippen LogP contribution in [0.15, 0.2) is 34.9 Å². The van der Waals surface area contributed by atoms with Crippen LogP contribution in [0.2, 0.25) is 0 Å². The van der Waals surface area contributed by atoms with Gasteiger partial charge in [-0.2, -0.15) is 5.10 Å². The minimum Gasteiger partial charge on any atom is -0.310 e. The fourth-order valence-corrected chi connectivity index (χ4v) is 2.54. The Hall–Kier alpha value is -1.13. The number of benzene rings is 1. The van der Waals surface area contributed by atoms with E-state index in [2.05, 4.69) is 62.2 Å². The lowest BCUT2D eigenvalue weighted by molar-refractivity contribution is 0.680. The van der Waals surface area contributed by atoms with Crippen molar-refractivity contribution in [2.24, 2.45) is 0 Å². The van der Waals surface area contributed by atoms with Gasteiger partial charge in [-0.15, -0.1) is 0 Å². The zero-order chi connectivity index (χ0) is 13.2. The van der Waals surface area contributed by atoms with Crippen LogP contribution in [0.3, 0.4) is 0 Å². The second-order valence-corrected chi connectivity index (χ2v) is 5.93. The van der Waals surface area contributed by atoms with Crippen molar-refractivity contribution < 1.29 is 0 Å². The highest BCUT2D eigenvalue weighted by molar-refractivity contribution is 9.10. The summed E-state index contributed by atoms with van der Waals surface area (Å²) in [6, 6.07) is 9.03. The summed E-state index contributed by atoms with van der Waals surface area (Å²) >= 11 is 3.47. The molecule has 19 heavy (non-hydrogen) atoms. The van der Waals surface area contributed by atoms with E-state index in [9.17, 15) is 0 Å². The van der Waals surface area contributed by atoms with E-state index in [1.807, 2.05) is 6.20 Å². The number of aromatic nitrogens is 2. The normalized spacial score (nSPS) is 14.8. The maximum absolute atomic E-state index is 4.55. The van der Waals surface area contributed by atoms with Crippen LogP contribution >= 0.6 is 15.9 Å². The molecule has 0 radical (unpaired) electrons. The van der Waals surface area contributed by atoms with E-state index in [0.717, 1.165) is 29.2 Å². The van der Waals surface area contributed by atoms with Crippen molar-refractivity contribution in [3.8, 4) is 5.69 Å². The third-order valence-corrected chi connectivity index (χ3v) is 4.05. The van der Waals surface area contributed by atoms with Crippen molar-refractivity contribution in [2.75, 3.05) is 0 Å². The molecule has 100 valence electrons. The van der Waals surface area contributed by atoms with Gasteiger partial charge in [-0.1, -0.05) is 22.9 Å². The maximum Gasteiger partial charge on any atom is 0.0649 e. The number of nitrogens with zero attached hydrogens (tertiary/aromatic N) is 2. The van der Waals surface area contributed by atoms with E-state index in [0.29, 0.717) is 0 Å². The van der Waals surface area contributed by atoms with Gasteiger partial charge in [0.15, 0.2) is 0 Å². The van der Waals surface area contributed by atoms with Crippen LogP contribution in [-0.2, 0) is 13.0 Å². The lowest BCUT2D eigenvalue weighted by Gasteiger charge is -2.08. The van der Waals surface area contributed by atoms with Gasteiger partial charge in [-0.05, 0) is 43.5 Å². The number of hydrogen-bond donors (Lipinski definition) is 1. The molecule has 1 aromatic carbocycles. The van der Waals surface area contributed by atoms with Crippen molar-refractivity contribution in [3.05, 3.63) is 46.2 Å². The Kier molecular flexibility index (Phi) is 3.71. The van der Waals surface area contributed by atoms with E-state index in [4.69, 9.17) is 0 Å². The van der Waals surface area contributed by atoms with Crippen LogP contribution in [0.1, 0.15) is 31.0 Å². The first-order chi connectivity index (χ1) is 9.28. The number of halogens is 1. The van der Waals surface area contributed by atoms with Crippen molar-refractivity contribution >= 4 is 15.9 Å². The average Bonchev–Trinajstić information content (AvgIpc) is 3.16. The SMILES string of the molecule is CCc1c(CNC2CC2)cnn1-c1ccc(Br)cc1. The van der Waals surface area contributed by atoms with Gasteiger partial charge >= 0.3 is 0 Å². The quantitative estimate of drug-likeness (QED) is 0.914. The topological polar surface area (TPSA) is 29.9 Å².